The fraction of sp³-hybridized carbons (Fsp3) is 0.143. The third-order valence-electron chi connectivity index (χ3n) is 1.36. The molecule has 1 aromatic carbocycles. The van der Waals surface area contributed by atoms with Crippen LogP contribution < -0.4 is 39.4 Å². The number of nitrogens with zero attached hydrogens (tertiary/aromatic N) is 1. The average molecular weight is 191 g/mol. The second-order valence-electron chi connectivity index (χ2n) is 2.09. The molecule has 0 saturated carbocycles. The first kappa shape index (κ1) is 12.2. The van der Waals surface area contributed by atoms with Gasteiger partial charge in [-0.3, -0.25) is 10.1 Å². The van der Waals surface area contributed by atoms with E-state index in [0.29, 0.717) is 0 Å². The summed E-state index contributed by atoms with van der Waals surface area (Å²) in [5.41, 5.74) is -0.147. The Morgan fingerprint density at radius 1 is 1.46 bits per heavy atom. The molecule has 0 aromatic heterocycles. The van der Waals surface area contributed by atoms with Crippen LogP contribution in [-0.4, -0.2) is 12.0 Å². The van der Waals surface area contributed by atoms with Crippen LogP contribution in [0.4, 0.5) is 5.69 Å². The molecule has 0 N–H and O–H groups in total. The standard InChI is InChI=1S/C7H7NO4.Na/c1-12-7-4-5(8(10)11)2-3-6(7)9;/h2-4,9H,1H3;/q;+1/p-1. The Balaban J connectivity index is 0.00000144. The molecular formula is C7H6NNaO4. The zero-order valence-corrected chi connectivity index (χ0v) is 9.31. The van der Waals surface area contributed by atoms with E-state index < -0.39 is 4.92 Å². The smallest absolute Gasteiger partial charge is 0.870 e. The zero-order valence-electron chi connectivity index (χ0n) is 7.31. The summed E-state index contributed by atoms with van der Waals surface area (Å²) in [6, 6.07) is 3.35. The minimum absolute atomic E-state index is 0. The second kappa shape index (κ2) is 5.06. The maximum atomic E-state index is 10.9. The van der Waals surface area contributed by atoms with Crippen LogP contribution in [0.1, 0.15) is 0 Å². The van der Waals surface area contributed by atoms with E-state index in [0.717, 1.165) is 18.2 Å². The minimum atomic E-state index is -0.581. The summed E-state index contributed by atoms with van der Waals surface area (Å²) in [4.78, 5) is 9.65. The molecule has 0 heterocycles. The summed E-state index contributed by atoms with van der Waals surface area (Å²) < 4.78 is 4.62. The van der Waals surface area contributed by atoms with E-state index in [2.05, 4.69) is 4.74 Å². The van der Waals surface area contributed by atoms with Gasteiger partial charge in [-0.1, -0.05) is 11.8 Å². The van der Waals surface area contributed by atoms with Crippen molar-refractivity contribution in [3.05, 3.63) is 28.3 Å². The molecule has 0 unspecified atom stereocenters. The van der Waals surface area contributed by atoms with Crippen molar-refractivity contribution >= 4 is 5.69 Å². The predicted molar refractivity (Wildman–Crippen MR) is 39.1 cm³/mol. The first-order chi connectivity index (χ1) is 5.65. The fourth-order valence-corrected chi connectivity index (χ4v) is 0.770. The normalized spacial score (nSPS) is 8.69. The molecule has 0 aliphatic carbocycles. The van der Waals surface area contributed by atoms with Crippen molar-refractivity contribution in [1.82, 2.24) is 0 Å². The van der Waals surface area contributed by atoms with Crippen LogP contribution in [0.5, 0.6) is 11.5 Å². The quantitative estimate of drug-likeness (QED) is 0.299. The van der Waals surface area contributed by atoms with Gasteiger partial charge in [0.05, 0.1) is 18.1 Å². The number of benzene rings is 1. The number of methoxy groups -OCH3 is 1. The number of ether oxygens (including phenoxy) is 1. The van der Waals surface area contributed by atoms with Gasteiger partial charge in [0.1, 0.15) is 5.75 Å². The third-order valence-corrected chi connectivity index (χ3v) is 1.36. The van der Waals surface area contributed by atoms with E-state index >= 15 is 0 Å². The summed E-state index contributed by atoms with van der Waals surface area (Å²) in [5.74, 6) is -0.368. The molecule has 0 saturated heterocycles. The monoisotopic (exact) mass is 191 g/mol. The molecule has 0 bridgehead atoms. The van der Waals surface area contributed by atoms with Crippen molar-refractivity contribution in [2.75, 3.05) is 7.11 Å². The van der Waals surface area contributed by atoms with E-state index in [1.54, 1.807) is 0 Å². The minimum Gasteiger partial charge on any atom is -0.870 e. The first-order valence-corrected chi connectivity index (χ1v) is 3.14. The fourth-order valence-electron chi connectivity index (χ4n) is 0.770. The molecule has 0 aliphatic heterocycles. The van der Waals surface area contributed by atoms with Gasteiger partial charge in [-0.25, -0.2) is 0 Å². The molecule has 1 aromatic rings. The van der Waals surface area contributed by atoms with Crippen molar-refractivity contribution in [2.45, 2.75) is 0 Å². The van der Waals surface area contributed by atoms with Gasteiger partial charge in [0.15, 0.2) is 0 Å². The van der Waals surface area contributed by atoms with Crippen molar-refractivity contribution in [3.63, 3.8) is 0 Å². The Morgan fingerprint density at radius 2 is 2.08 bits per heavy atom. The molecule has 0 amide bonds. The van der Waals surface area contributed by atoms with Crippen molar-refractivity contribution in [2.24, 2.45) is 0 Å². The number of hydrogen-bond donors (Lipinski definition) is 0. The van der Waals surface area contributed by atoms with Crippen LogP contribution >= 0.6 is 0 Å². The Hall–Kier alpha value is -0.780. The molecule has 13 heavy (non-hydrogen) atoms. The molecule has 5 nitrogen and oxygen atoms in total. The van der Waals surface area contributed by atoms with Gasteiger partial charge in [-0.15, -0.1) is 0 Å². The second-order valence-corrected chi connectivity index (χ2v) is 2.09. The molecule has 0 aliphatic rings. The molecule has 0 atom stereocenters. The molecule has 1 rings (SSSR count). The van der Waals surface area contributed by atoms with Crippen LogP contribution in [0.3, 0.4) is 0 Å². The van der Waals surface area contributed by atoms with Crippen LogP contribution in [0.15, 0.2) is 18.2 Å². The topological polar surface area (TPSA) is 75.4 Å². The van der Waals surface area contributed by atoms with E-state index in [4.69, 9.17) is 0 Å². The van der Waals surface area contributed by atoms with Gasteiger partial charge < -0.3 is 9.84 Å². The summed E-state index contributed by atoms with van der Waals surface area (Å²) in [6.45, 7) is 0. The predicted octanol–water partition coefficient (Wildman–Crippen LogP) is -2.32. The molecular weight excluding hydrogens is 185 g/mol. The van der Waals surface area contributed by atoms with E-state index in [9.17, 15) is 15.2 Å². The van der Waals surface area contributed by atoms with Crippen molar-refractivity contribution in [1.29, 1.82) is 0 Å². The Labute approximate surface area is 96.8 Å². The number of nitro groups is 1. The Kier molecular flexibility index (Phi) is 4.76. The Morgan fingerprint density at radius 3 is 2.54 bits per heavy atom. The zero-order chi connectivity index (χ0) is 9.14. The summed E-state index contributed by atoms with van der Waals surface area (Å²) in [5, 5.41) is 21.1. The van der Waals surface area contributed by atoms with E-state index in [1.807, 2.05) is 0 Å². The third kappa shape index (κ3) is 2.87. The Bertz CT molecular complexity index is 315. The van der Waals surface area contributed by atoms with E-state index in [1.165, 1.54) is 7.11 Å². The van der Waals surface area contributed by atoms with Crippen LogP contribution in [-0.2, 0) is 0 Å². The summed E-state index contributed by atoms with van der Waals surface area (Å²) >= 11 is 0. The number of nitro benzene ring substituents is 1. The average Bonchev–Trinajstić information content (AvgIpc) is 2.05. The first-order valence-electron chi connectivity index (χ1n) is 3.14. The summed E-state index contributed by atoms with van der Waals surface area (Å²) in [6.07, 6.45) is 0. The number of non-ortho nitro benzene ring substituents is 1. The van der Waals surface area contributed by atoms with Gasteiger partial charge >= 0.3 is 29.6 Å². The summed E-state index contributed by atoms with van der Waals surface area (Å²) in [7, 11) is 1.29. The molecule has 6 heteroatoms. The van der Waals surface area contributed by atoms with E-state index in [-0.39, 0.29) is 46.7 Å². The van der Waals surface area contributed by atoms with Gasteiger partial charge in [0, 0.05) is 6.07 Å². The van der Waals surface area contributed by atoms with Gasteiger partial charge in [0.2, 0.25) is 0 Å². The van der Waals surface area contributed by atoms with Crippen molar-refractivity contribution in [3.8, 4) is 11.5 Å². The SMILES string of the molecule is COc1cc([N+](=O)[O-])ccc1[O-].[Na+]. The maximum absolute atomic E-state index is 10.9. The van der Waals surface area contributed by atoms with Crippen LogP contribution in [0.25, 0.3) is 0 Å². The molecule has 64 valence electrons. The maximum Gasteiger partial charge on any atom is 1.00 e. The van der Waals surface area contributed by atoms with Gasteiger partial charge in [0.25, 0.3) is 5.69 Å². The molecule has 0 fully saturated rings. The van der Waals surface area contributed by atoms with Gasteiger partial charge in [-0.05, 0) is 0 Å². The number of rotatable bonds is 2. The van der Waals surface area contributed by atoms with Crippen LogP contribution in [0, 0.1) is 10.1 Å². The molecule has 0 spiro atoms. The van der Waals surface area contributed by atoms with Crippen molar-refractivity contribution < 1.29 is 44.3 Å². The van der Waals surface area contributed by atoms with Crippen LogP contribution in [0.2, 0.25) is 0 Å². The number of hydrogen-bond acceptors (Lipinski definition) is 4. The largest absolute Gasteiger partial charge is 1.00 e. The van der Waals surface area contributed by atoms with Gasteiger partial charge in [-0.2, -0.15) is 0 Å². The molecule has 0 radical (unpaired) electrons.